The van der Waals surface area contributed by atoms with E-state index in [4.69, 9.17) is 4.74 Å². The van der Waals surface area contributed by atoms with Crippen LogP contribution in [0.2, 0.25) is 0 Å². The van der Waals surface area contributed by atoms with Crippen LogP contribution in [0.3, 0.4) is 0 Å². The van der Waals surface area contributed by atoms with Gasteiger partial charge >= 0.3 is 0 Å². The smallest absolute Gasteiger partial charge is 0.238 e. The van der Waals surface area contributed by atoms with E-state index in [0.717, 1.165) is 33.6 Å². The highest BCUT2D eigenvalue weighted by Crippen LogP contribution is 2.23. The van der Waals surface area contributed by atoms with Crippen LogP contribution in [-0.2, 0) is 16.1 Å². The Bertz CT molecular complexity index is 1120. The van der Waals surface area contributed by atoms with Crippen LogP contribution in [0.25, 0.3) is 0 Å². The first-order chi connectivity index (χ1) is 16.7. The van der Waals surface area contributed by atoms with Gasteiger partial charge in [0.25, 0.3) is 0 Å². The summed E-state index contributed by atoms with van der Waals surface area (Å²) in [4.78, 5) is 27.7. The van der Waals surface area contributed by atoms with E-state index in [0.29, 0.717) is 11.3 Å². The van der Waals surface area contributed by atoms with Gasteiger partial charge in [-0.3, -0.25) is 14.5 Å². The van der Waals surface area contributed by atoms with Crippen LogP contribution < -0.4 is 15.4 Å². The third-order valence-corrected chi connectivity index (χ3v) is 5.86. The molecule has 2 amide bonds. The van der Waals surface area contributed by atoms with Crippen molar-refractivity contribution in [3.8, 4) is 5.75 Å². The molecule has 3 rings (SSSR count). The van der Waals surface area contributed by atoms with Crippen LogP contribution in [-0.4, -0.2) is 36.9 Å². The fourth-order valence-electron chi connectivity index (χ4n) is 4.07. The van der Waals surface area contributed by atoms with E-state index in [1.807, 2.05) is 64.1 Å². The van der Waals surface area contributed by atoms with Crippen molar-refractivity contribution in [2.24, 2.45) is 0 Å². The number of methoxy groups -OCH3 is 1. The van der Waals surface area contributed by atoms with Crippen molar-refractivity contribution in [2.45, 2.75) is 34.2 Å². The Morgan fingerprint density at radius 1 is 0.800 bits per heavy atom. The molecule has 0 aliphatic rings. The molecule has 0 fully saturated rings. The Balaban J connectivity index is 1.81. The van der Waals surface area contributed by atoms with Crippen LogP contribution in [0.15, 0.2) is 54.6 Å². The lowest BCUT2D eigenvalue weighted by Crippen LogP contribution is -2.38. The van der Waals surface area contributed by atoms with E-state index in [1.165, 1.54) is 25.3 Å². The van der Waals surface area contributed by atoms with Crippen LogP contribution in [0, 0.1) is 33.5 Å². The van der Waals surface area contributed by atoms with Gasteiger partial charge in [0.15, 0.2) is 0 Å². The van der Waals surface area contributed by atoms with E-state index in [1.54, 1.807) is 4.90 Å². The zero-order chi connectivity index (χ0) is 25.5. The highest BCUT2D eigenvalue weighted by molar-refractivity contribution is 5.96. The van der Waals surface area contributed by atoms with Crippen molar-refractivity contribution < 1.29 is 18.7 Å². The number of ether oxygens (including phenoxy) is 1. The Morgan fingerprint density at radius 2 is 1.26 bits per heavy atom. The fraction of sp³-hybridized carbons (Fsp3) is 0.286. The number of rotatable bonds is 9. The van der Waals surface area contributed by atoms with E-state index in [-0.39, 0.29) is 31.4 Å². The fourth-order valence-corrected chi connectivity index (χ4v) is 4.07. The van der Waals surface area contributed by atoms with E-state index in [9.17, 15) is 14.0 Å². The molecule has 0 radical (unpaired) electrons. The van der Waals surface area contributed by atoms with Gasteiger partial charge in [-0.1, -0.05) is 36.4 Å². The highest BCUT2D eigenvalue weighted by Gasteiger charge is 2.19. The lowest BCUT2D eigenvalue weighted by Gasteiger charge is -2.23. The standard InChI is InChI=1S/C28H32FN3O3/c1-18-8-6-9-19(2)27(18)30-25(33)16-32(15-22-14-23(29)12-13-24(22)35-5)17-26(34)31-28-20(3)10-7-11-21(28)4/h6-14H,15-17H2,1-5H3,(H,30,33)(H,31,34). The van der Waals surface area contributed by atoms with Crippen LogP contribution in [0.1, 0.15) is 27.8 Å². The number of amides is 2. The lowest BCUT2D eigenvalue weighted by molar-refractivity contribution is -0.120. The molecule has 0 atom stereocenters. The summed E-state index contributed by atoms with van der Waals surface area (Å²) in [6.45, 7) is 7.74. The molecule has 7 heteroatoms. The Labute approximate surface area is 206 Å². The molecule has 2 N–H and O–H groups in total. The van der Waals surface area contributed by atoms with Gasteiger partial charge in [0, 0.05) is 23.5 Å². The van der Waals surface area contributed by atoms with Crippen LogP contribution >= 0.6 is 0 Å². The average molecular weight is 478 g/mol. The molecule has 0 heterocycles. The number of carbonyl (C=O) groups excluding carboxylic acids is 2. The second-order valence-electron chi connectivity index (χ2n) is 8.73. The number of benzene rings is 3. The van der Waals surface area contributed by atoms with Crippen molar-refractivity contribution in [3.05, 3.63) is 88.2 Å². The van der Waals surface area contributed by atoms with Gasteiger partial charge in [-0.2, -0.15) is 0 Å². The number of nitrogens with zero attached hydrogens (tertiary/aromatic N) is 1. The van der Waals surface area contributed by atoms with Crippen molar-refractivity contribution in [1.82, 2.24) is 4.90 Å². The quantitative estimate of drug-likeness (QED) is 0.447. The van der Waals surface area contributed by atoms with Gasteiger partial charge in [-0.25, -0.2) is 4.39 Å². The summed E-state index contributed by atoms with van der Waals surface area (Å²) >= 11 is 0. The van der Waals surface area contributed by atoms with Gasteiger partial charge in [0.2, 0.25) is 11.8 Å². The molecule has 3 aromatic rings. The maximum Gasteiger partial charge on any atom is 0.238 e. The predicted molar refractivity (Wildman–Crippen MR) is 137 cm³/mol. The third kappa shape index (κ3) is 6.90. The second kappa shape index (κ2) is 11.6. The van der Waals surface area contributed by atoms with Crippen molar-refractivity contribution in [1.29, 1.82) is 0 Å². The van der Waals surface area contributed by atoms with Gasteiger partial charge < -0.3 is 15.4 Å². The maximum atomic E-state index is 14.0. The number of aryl methyl sites for hydroxylation is 4. The van der Waals surface area contributed by atoms with Gasteiger partial charge in [-0.15, -0.1) is 0 Å². The van der Waals surface area contributed by atoms with Crippen molar-refractivity contribution in [2.75, 3.05) is 30.8 Å². The zero-order valence-corrected chi connectivity index (χ0v) is 20.9. The van der Waals surface area contributed by atoms with Gasteiger partial charge in [0.05, 0.1) is 20.2 Å². The number of anilines is 2. The van der Waals surface area contributed by atoms with E-state index in [2.05, 4.69) is 10.6 Å². The topological polar surface area (TPSA) is 70.7 Å². The first-order valence-corrected chi connectivity index (χ1v) is 11.4. The van der Waals surface area contributed by atoms with Crippen LogP contribution in [0.5, 0.6) is 5.75 Å². The monoisotopic (exact) mass is 477 g/mol. The largest absolute Gasteiger partial charge is 0.496 e. The third-order valence-electron chi connectivity index (χ3n) is 5.86. The highest BCUT2D eigenvalue weighted by atomic mass is 19.1. The number of carbonyl (C=O) groups is 2. The van der Waals surface area contributed by atoms with Crippen molar-refractivity contribution >= 4 is 23.2 Å². The summed E-state index contributed by atoms with van der Waals surface area (Å²) in [5.74, 6) is -0.460. The summed E-state index contributed by atoms with van der Waals surface area (Å²) in [7, 11) is 1.50. The Morgan fingerprint density at radius 3 is 1.69 bits per heavy atom. The first-order valence-electron chi connectivity index (χ1n) is 11.4. The molecule has 6 nitrogen and oxygen atoms in total. The summed E-state index contributed by atoms with van der Waals surface area (Å²) in [6, 6.07) is 15.8. The van der Waals surface area contributed by atoms with Crippen molar-refractivity contribution in [3.63, 3.8) is 0 Å². The molecule has 0 bridgehead atoms. The zero-order valence-electron chi connectivity index (χ0n) is 20.9. The second-order valence-corrected chi connectivity index (χ2v) is 8.73. The molecule has 0 aliphatic carbocycles. The summed E-state index contributed by atoms with van der Waals surface area (Å²) in [5.41, 5.74) is 5.84. The number of para-hydroxylation sites is 2. The molecule has 0 aliphatic heterocycles. The normalized spacial score (nSPS) is 10.8. The number of hydrogen-bond donors (Lipinski definition) is 2. The molecule has 35 heavy (non-hydrogen) atoms. The molecule has 0 spiro atoms. The predicted octanol–water partition coefficient (Wildman–Crippen LogP) is 5.15. The Kier molecular flexibility index (Phi) is 8.60. The molecule has 0 saturated carbocycles. The number of halogens is 1. The number of hydrogen-bond acceptors (Lipinski definition) is 4. The SMILES string of the molecule is COc1ccc(F)cc1CN(CC(=O)Nc1c(C)cccc1C)CC(=O)Nc1c(C)cccc1C. The van der Waals surface area contributed by atoms with Crippen LogP contribution in [0.4, 0.5) is 15.8 Å². The maximum absolute atomic E-state index is 14.0. The lowest BCUT2D eigenvalue weighted by atomic mass is 10.1. The number of nitrogens with one attached hydrogen (secondary N) is 2. The van der Waals surface area contributed by atoms with E-state index >= 15 is 0 Å². The summed E-state index contributed by atoms with van der Waals surface area (Å²) < 4.78 is 19.3. The molecule has 0 unspecified atom stereocenters. The molecule has 0 aromatic heterocycles. The minimum atomic E-state index is -0.416. The molecule has 0 saturated heterocycles. The minimum Gasteiger partial charge on any atom is -0.496 e. The molecule has 3 aromatic carbocycles. The average Bonchev–Trinajstić information content (AvgIpc) is 2.79. The Hall–Kier alpha value is -3.71. The first kappa shape index (κ1) is 25.9. The van der Waals surface area contributed by atoms with Gasteiger partial charge in [0.1, 0.15) is 11.6 Å². The molecular formula is C28H32FN3O3. The minimum absolute atomic E-state index is 0.0619. The van der Waals surface area contributed by atoms with E-state index < -0.39 is 5.82 Å². The molecular weight excluding hydrogens is 445 g/mol. The summed E-state index contributed by atoms with van der Waals surface area (Å²) in [6.07, 6.45) is 0. The summed E-state index contributed by atoms with van der Waals surface area (Å²) in [5, 5.41) is 5.92. The molecule has 184 valence electrons. The van der Waals surface area contributed by atoms with Gasteiger partial charge in [-0.05, 0) is 68.1 Å².